The van der Waals surface area contributed by atoms with Gasteiger partial charge in [0, 0.05) is 30.0 Å². The van der Waals surface area contributed by atoms with Crippen molar-refractivity contribution in [3.63, 3.8) is 0 Å². The number of pyridine rings is 1. The third-order valence-corrected chi connectivity index (χ3v) is 6.18. The van der Waals surface area contributed by atoms with Gasteiger partial charge in [-0.05, 0) is 51.4 Å². The summed E-state index contributed by atoms with van der Waals surface area (Å²) in [6.45, 7) is 5.45. The number of primary amides is 1. The van der Waals surface area contributed by atoms with Crippen LogP contribution in [0.1, 0.15) is 31.0 Å². The number of thioether (sulfide) groups is 1. The number of nitrogens with two attached hydrogens (primary N) is 1. The van der Waals surface area contributed by atoms with Crippen LogP contribution in [0.4, 0.5) is 4.79 Å². The lowest BCUT2D eigenvalue weighted by atomic mass is 9.98. The molecule has 148 valence electrons. The number of hydrogen-bond donors (Lipinski definition) is 4. The van der Waals surface area contributed by atoms with Crippen molar-refractivity contribution in [1.29, 1.82) is 0 Å². The Hall–Kier alpha value is -2.50. The lowest BCUT2D eigenvalue weighted by Gasteiger charge is -2.32. The summed E-state index contributed by atoms with van der Waals surface area (Å²) in [6, 6.07) is 2.68. The molecule has 5 N–H and O–H groups in total. The first-order valence-corrected chi connectivity index (χ1v) is 10.1. The highest BCUT2D eigenvalue weighted by Crippen LogP contribution is 2.42. The molecule has 1 aromatic heterocycles. The fraction of sp³-hybridized carbons (Fsp3) is 0.450. The minimum Gasteiger partial charge on any atom is -0.352 e. The highest BCUT2D eigenvalue weighted by molar-refractivity contribution is 8.05. The van der Waals surface area contributed by atoms with E-state index < -0.39 is 16.8 Å². The van der Waals surface area contributed by atoms with Crippen LogP contribution in [0.3, 0.4) is 0 Å². The first kappa shape index (κ1) is 20.2. The van der Waals surface area contributed by atoms with E-state index >= 15 is 0 Å². The summed E-state index contributed by atoms with van der Waals surface area (Å²) in [6.07, 6.45) is 5.47. The van der Waals surface area contributed by atoms with Gasteiger partial charge in [-0.1, -0.05) is 23.6 Å². The number of amides is 3. The Balaban J connectivity index is 1.76. The van der Waals surface area contributed by atoms with Gasteiger partial charge in [0.05, 0.1) is 10.9 Å². The number of rotatable bonds is 3. The predicted octanol–water partition coefficient (Wildman–Crippen LogP) is 1.04. The second-order valence-electron chi connectivity index (χ2n) is 7.18. The molecule has 3 amide bonds. The summed E-state index contributed by atoms with van der Waals surface area (Å²) in [5, 5.41) is 9.06. The SMILES string of the molecule is Cc1ccc(C#CC2=CC(NC(N)=O)C(C)(C(=O)N[C@H]3CCCNC3)S2)cn1. The highest BCUT2D eigenvalue weighted by Gasteiger charge is 2.47. The Morgan fingerprint density at radius 1 is 1.36 bits per heavy atom. The lowest BCUT2D eigenvalue weighted by Crippen LogP contribution is -2.58. The largest absolute Gasteiger partial charge is 0.352 e. The molecule has 0 spiro atoms. The summed E-state index contributed by atoms with van der Waals surface area (Å²) >= 11 is 1.35. The number of nitrogens with one attached hydrogen (secondary N) is 3. The summed E-state index contributed by atoms with van der Waals surface area (Å²) in [7, 11) is 0. The third kappa shape index (κ3) is 4.86. The number of hydrogen-bond acceptors (Lipinski definition) is 5. The second kappa shape index (κ2) is 8.67. The molecule has 7 nitrogen and oxygen atoms in total. The Bertz CT molecular complexity index is 836. The molecule has 28 heavy (non-hydrogen) atoms. The number of urea groups is 1. The molecule has 3 atom stereocenters. The van der Waals surface area contributed by atoms with Crippen LogP contribution in [0.25, 0.3) is 0 Å². The summed E-state index contributed by atoms with van der Waals surface area (Å²) in [4.78, 5) is 29.5. The van der Waals surface area contributed by atoms with Crippen molar-refractivity contribution in [2.24, 2.45) is 5.73 Å². The van der Waals surface area contributed by atoms with Crippen LogP contribution in [-0.4, -0.2) is 46.8 Å². The smallest absolute Gasteiger partial charge is 0.312 e. The number of allylic oxidation sites excluding steroid dienone is 1. The zero-order chi connectivity index (χ0) is 20.1. The predicted molar refractivity (Wildman–Crippen MR) is 110 cm³/mol. The zero-order valence-electron chi connectivity index (χ0n) is 16.0. The van der Waals surface area contributed by atoms with Crippen LogP contribution < -0.4 is 21.7 Å². The molecule has 2 unspecified atom stereocenters. The third-order valence-electron chi connectivity index (χ3n) is 4.86. The minimum atomic E-state index is -0.915. The van der Waals surface area contributed by atoms with E-state index in [1.165, 1.54) is 11.8 Å². The van der Waals surface area contributed by atoms with Gasteiger partial charge in [0.15, 0.2) is 0 Å². The maximum atomic E-state index is 13.0. The molecule has 1 fully saturated rings. The van der Waals surface area contributed by atoms with Gasteiger partial charge in [0.25, 0.3) is 0 Å². The van der Waals surface area contributed by atoms with E-state index in [9.17, 15) is 9.59 Å². The van der Waals surface area contributed by atoms with Crippen LogP contribution in [-0.2, 0) is 4.79 Å². The van der Waals surface area contributed by atoms with Crippen molar-refractivity contribution in [2.45, 2.75) is 43.5 Å². The van der Waals surface area contributed by atoms with E-state index in [2.05, 4.69) is 32.8 Å². The average Bonchev–Trinajstić information content (AvgIpc) is 2.98. The quantitative estimate of drug-likeness (QED) is 0.568. The van der Waals surface area contributed by atoms with Crippen LogP contribution >= 0.6 is 11.8 Å². The van der Waals surface area contributed by atoms with Gasteiger partial charge in [-0.15, -0.1) is 0 Å². The number of carbonyl (C=O) groups excluding carboxylic acids is 2. The number of aromatic nitrogens is 1. The van der Waals surface area contributed by atoms with Gasteiger partial charge in [0.1, 0.15) is 4.75 Å². The lowest BCUT2D eigenvalue weighted by molar-refractivity contribution is -0.124. The maximum absolute atomic E-state index is 13.0. The number of carbonyl (C=O) groups is 2. The normalized spacial score (nSPS) is 26.6. The monoisotopic (exact) mass is 399 g/mol. The van der Waals surface area contributed by atoms with E-state index in [-0.39, 0.29) is 11.9 Å². The van der Waals surface area contributed by atoms with Crippen molar-refractivity contribution in [1.82, 2.24) is 20.9 Å². The number of nitrogens with zero attached hydrogens (tertiary/aromatic N) is 1. The Morgan fingerprint density at radius 2 is 2.18 bits per heavy atom. The van der Waals surface area contributed by atoms with Crippen LogP contribution in [0, 0.1) is 18.8 Å². The molecule has 0 radical (unpaired) electrons. The molecule has 0 aliphatic carbocycles. The maximum Gasteiger partial charge on any atom is 0.312 e. The molecule has 0 saturated carbocycles. The van der Waals surface area contributed by atoms with Crippen LogP contribution in [0.15, 0.2) is 29.3 Å². The topological polar surface area (TPSA) is 109 Å². The Labute approximate surface area is 169 Å². The molecule has 1 aromatic rings. The van der Waals surface area contributed by atoms with Crippen LogP contribution in [0.2, 0.25) is 0 Å². The van der Waals surface area contributed by atoms with Gasteiger partial charge in [-0.3, -0.25) is 9.78 Å². The van der Waals surface area contributed by atoms with Crippen LogP contribution in [0.5, 0.6) is 0 Å². The Morgan fingerprint density at radius 3 is 2.82 bits per heavy atom. The van der Waals surface area contributed by atoms with Crippen molar-refractivity contribution in [3.8, 4) is 11.8 Å². The first-order valence-electron chi connectivity index (χ1n) is 9.30. The standard InChI is InChI=1S/C20H25N5O2S/c1-13-5-6-14(11-23-13)7-8-16-10-17(25-19(21)27)20(2,28-16)18(26)24-15-4-3-9-22-12-15/h5-6,10-11,15,17,22H,3-4,9,12H2,1-2H3,(H,24,26)(H3,21,25,27)/t15-,17?,20?/m0/s1. The fourth-order valence-corrected chi connectivity index (χ4v) is 4.37. The minimum absolute atomic E-state index is 0.0849. The molecule has 3 rings (SSSR count). The second-order valence-corrected chi connectivity index (χ2v) is 8.67. The summed E-state index contributed by atoms with van der Waals surface area (Å²) in [5.41, 5.74) is 7.04. The van der Waals surface area contributed by atoms with Gasteiger partial charge in [-0.2, -0.15) is 0 Å². The van der Waals surface area contributed by atoms with Crippen molar-refractivity contribution in [2.75, 3.05) is 13.1 Å². The molecule has 0 bridgehead atoms. The molecule has 1 saturated heterocycles. The molecule has 2 aliphatic rings. The molecular formula is C20H25N5O2S. The van der Waals surface area contributed by atoms with E-state index in [0.717, 1.165) is 42.1 Å². The highest BCUT2D eigenvalue weighted by atomic mass is 32.2. The van der Waals surface area contributed by atoms with Crippen molar-refractivity contribution < 1.29 is 9.59 Å². The molecule has 0 aromatic carbocycles. The molecule has 2 aliphatic heterocycles. The van der Waals surface area contributed by atoms with Gasteiger partial charge in [0.2, 0.25) is 5.91 Å². The van der Waals surface area contributed by atoms with E-state index in [1.807, 2.05) is 26.0 Å². The summed E-state index contributed by atoms with van der Waals surface area (Å²) < 4.78 is -0.915. The Kier molecular flexibility index (Phi) is 6.27. The van der Waals surface area contributed by atoms with Gasteiger partial charge >= 0.3 is 6.03 Å². The average molecular weight is 400 g/mol. The fourth-order valence-electron chi connectivity index (χ4n) is 3.20. The van der Waals surface area contributed by atoms with Crippen molar-refractivity contribution in [3.05, 3.63) is 40.6 Å². The van der Waals surface area contributed by atoms with E-state index in [4.69, 9.17) is 5.73 Å². The number of aryl methyl sites for hydroxylation is 1. The zero-order valence-corrected chi connectivity index (χ0v) is 16.9. The molecular weight excluding hydrogens is 374 g/mol. The van der Waals surface area contributed by atoms with Gasteiger partial charge in [-0.25, -0.2) is 4.79 Å². The molecule has 8 heteroatoms. The van der Waals surface area contributed by atoms with Crippen molar-refractivity contribution >= 4 is 23.7 Å². The summed E-state index contributed by atoms with van der Waals surface area (Å²) in [5.74, 6) is 6.01. The molecule has 3 heterocycles. The first-order chi connectivity index (χ1) is 13.4. The number of piperidine rings is 1. The van der Waals surface area contributed by atoms with E-state index in [0.29, 0.717) is 0 Å². The van der Waals surface area contributed by atoms with Gasteiger partial charge < -0.3 is 21.7 Å². The van der Waals surface area contributed by atoms with E-state index in [1.54, 1.807) is 12.3 Å².